The number of hydrogen-bond donors (Lipinski definition) is 1. The van der Waals surface area contributed by atoms with E-state index in [0.29, 0.717) is 22.2 Å². The Hall–Kier alpha value is -0.770. The molecule has 0 bridgehead atoms. The van der Waals surface area contributed by atoms with Gasteiger partial charge >= 0.3 is 0 Å². The highest BCUT2D eigenvalue weighted by molar-refractivity contribution is 6.36. The fraction of sp³-hybridized carbons (Fsp3) is 0.417. The molecule has 94 valence electrons. The van der Waals surface area contributed by atoms with Crippen LogP contribution in [0.2, 0.25) is 10.0 Å². The number of nitrogens with one attached hydrogen (secondary N) is 1. The zero-order chi connectivity index (χ0) is 12.8. The lowest BCUT2D eigenvalue weighted by atomic mass is 10.2. The minimum absolute atomic E-state index is 0.0808. The van der Waals surface area contributed by atoms with Gasteiger partial charge < -0.3 is 10.2 Å². The van der Waals surface area contributed by atoms with Crippen molar-refractivity contribution in [2.75, 3.05) is 27.2 Å². The normalized spacial score (nSPS) is 10.4. The van der Waals surface area contributed by atoms with Crippen molar-refractivity contribution < 1.29 is 4.79 Å². The van der Waals surface area contributed by atoms with Crippen LogP contribution in [-0.4, -0.2) is 38.0 Å². The summed E-state index contributed by atoms with van der Waals surface area (Å²) < 4.78 is 0. The van der Waals surface area contributed by atoms with E-state index in [4.69, 9.17) is 23.2 Å². The molecule has 5 heteroatoms. The lowest BCUT2D eigenvalue weighted by Crippen LogP contribution is -2.29. The second-order valence-corrected chi connectivity index (χ2v) is 4.65. The molecule has 0 aliphatic carbocycles. The average Bonchev–Trinajstić information content (AvgIpc) is 2.28. The summed E-state index contributed by atoms with van der Waals surface area (Å²) in [6.45, 7) is 1.57. The smallest absolute Gasteiger partial charge is 0.255 e. The summed E-state index contributed by atoms with van der Waals surface area (Å²) in [7, 11) is 3.65. The van der Waals surface area contributed by atoms with Gasteiger partial charge in [-0.2, -0.15) is 0 Å². The number of carbonyl (C=O) groups excluding carboxylic acids is 1. The quantitative estimate of drug-likeness (QED) is 0.838. The topological polar surface area (TPSA) is 32.3 Å². The lowest BCUT2D eigenvalue weighted by molar-refractivity contribution is 0.0794. The monoisotopic (exact) mass is 274 g/mol. The first-order valence-corrected chi connectivity index (χ1v) is 6.17. The van der Waals surface area contributed by atoms with Gasteiger partial charge in [0.1, 0.15) is 0 Å². The van der Waals surface area contributed by atoms with Crippen LogP contribution in [-0.2, 0) is 0 Å². The van der Waals surface area contributed by atoms with E-state index in [0.717, 1.165) is 13.0 Å². The molecule has 0 aliphatic heterocycles. The Morgan fingerprint density at radius 3 is 2.71 bits per heavy atom. The zero-order valence-corrected chi connectivity index (χ0v) is 11.5. The van der Waals surface area contributed by atoms with Crippen molar-refractivity contribution in [1.82, 2.24) is 10.2 Å². The molecule has 0 spiro atoms. The molecule has 0 unspecified atom stereocenters. The van der Waals surface area contributed by atoms with Crippen molar-refractivity contribution in [3.05, 3.63) is 33.8 Å². The van der Waals surface area contributed by atoms with E-state index in [1.807, 2.05) is 7.05 Å². The van der Waals surface area contributed by atoms with E-state index in [1.165, 1.54) is 0 Å². The number of rotatable bonds is 5. The van der Waals surface area contributed by atoms with Crippen molar-refractivity contribution in [1.29, 1.82) is 0 Å². The molecule has 0 fully saturated rings. The first-order chi connectivity index (χ1) is 8.06. The SMILES string of the molecule is CNCCCN(C)C(=O)c1ccc(Cl)cc1Cl. The molecule has 0 saturated heterocycles. The predicted octanol–water partition coefficient (Wildman–Crippen LogP) is 2.67. The maximum absolute atomic E-state index is 12.0. The average molecular weight is 275 g/mol. The molecule has 0 saturated carbocycles. The standard InChI is InChI=1S/C12H16Cl2N2O/c1-15-6-3-7-16(2)12(17)10-5-4-9(13)8-11(10)14/h4-5,8,15H,3,6-7H2,1-2H3. The van der Waals surface area contributed by atoms with Crippen LogP contribution in [0.1, 0.15) is 16.8 Å². The summed E-state index contributed by atoms with van der Waals surface area (Å²) in [5, 5.41) is 3.96. The lowest BCUT2D eigenvalue weighted by Gasteiger charge is -2.17. The molecule has 0 radical (unpaired) electrons. The molecule has 1 amide bonds. The van der Waals surface area contributed by atoms with Crippen LogP contribution >= 0.6 is 23.2 Å². The number of hydrogen-bond acceptors (Lipinski definition) is 2. The number of carbonyl (C=O) groups is 1. The fourth-order valence-electron chi connectivity index (χ4n) is 1.46. The van der Waals surface area contributed by atoms with E-state index in [-0.39, 0.29) is 5.91 Å². The molecule has 0 aromatic heterocycles. The van der Waals surface area contributed by atoms with Crippen molar-refractivity contribution in [2.45, 2.75) is 6.42 Å². The van der Waals surface area contributed by atoms with Crippen molar-refractivity contribution in [2.24, 2.45) is 0 Å². The Bertz CT molecular complexity index is 396. The van der Waals surface area contributed by atoms with Gasteiger partial charge in [-0.05, 0) is 38.2 Å². The van der Waals surface area contributed by atoms with Crippen molar-refractivity contribution >= 4 is 29.1 Å². The van der Waals surface area contributed by atoms with Crippen LogP contribution in [0.3, 0.4) is 0 Å². The Morgan fingerprint density at radius 2 is 2.12 bits per heavy atom. The van der Waals surface area contributed by atoms with E-state index < -0.39 is 0 Å². The molecule has 1 rings (SSSR count). The third-order valence-electron chi connectivity index (χ3n) is 2.43. The maximum Gasteiger partial charge on any atom is 0.255 e. The predicted molar refractivity (Wildman–Crippen MR) is 72.0 cm³/mol. The molecule has 0 aliphatic rings. The largest absolute Gasteiger partial charge is 0.342 e. The number of nitrogens with zero attached hydrogens (tertiary/aromatic N) is 1. The van der Waals surface area contributed by atoms with E-state index in [1.54, 1.807) is 30.1 Å². The van der Waals surface area contributed by atoms with Crippen LogP contribution in [0.25, 0.3) is 0 Å². The highest BCUT2D eigenvalue weighted by atomic mass is 35.5. The number of amides is 1. The molecule has 17 heavy (non-hydrogen) atoms. The van der Waals surface area contributed by atoms with Gasteiger partial charge in [0, 0.05) is 18.6 Å². The third kappa shape index (κ3) is 4.19. The zero-order valence-electron chi connectivity index (χ0n) is 9.96. The van der Waals surface area contributed by atoms with Gasteiger partial charge in [-0.15, -0.1) is 0 Å². The maximum atomic E-state index is 12.0. The summed E-state index contributed by atoms with van der Waals surface area (Å²) in [5.74, 6) is -0.0808. The van der Waals surface area contributed by atoms with Crippen molar-refractivity contribution in [3.63, 3.8) is 0 Å². The minimum Gasteiger partial charge on any atom is -0.342 e. The Kier molecular flexibility index (Phi) is 5.75. The summed E-state index contributed by atoms with van der Waals surface area (Å²) in [6, 6.07) is 4.90. The Balaban J connectivity index is 2.68. The van der Waals surface area contributed by atoms with Crippen LogP contribution < -0.4 is 5.32 Å². The minimum atomic E-state index is -0.0808. The summed E-state index contributed by atoms with van der Waals surface area (Å²) in [4.78, 5) is 13.7. The molecule has 0 heterocycles. The molecular weight excluding hydrogens is 259 g/mol. The molecule has 3 nitrogen and oxygen atoms in total. The van der Waals surface area contributed by atoms with Gasteiger partial charge in [-0.1, -0.05) is 23.2 Å². The van der Waals surface area contributed by atoms with E-state index >= 15 is 0 Å². The summed E-state index contributed by atoms with van der Waals surface area (Å²) in [5.41, 5.74) is 0.489. The first-order valence-electron chi connectivity index (χ1n) is 5.41. The number of halogens is 2. The van der Waals surface area contributed by atoms with Gasteiger partial charge in [0.25, 0.3) is 5.91 Å². The highest BCUT2D eigenvalue weighted by Crippen LogP contribution is 2.21. The second-order valence-electron chi connectivity index (χ2n) is 3.81. The van der Waals surface area contributed by atoms with Crippen LogP contribution in [0, 0.1) is 0 Å². The summed E-state index contributed by atoms with van der Waals surface area (Å²) >= 11 is 11.8. The highest BCUT2D eigenvalue weighted by Gasteiger charge is 2.14. The fourth-order valence-corrected chi connectivity index (χ4v) is 1.95. The molecule has 1 aromatic rings. The van der Waals surface area contributed by atoms with Crippen LogP contribution in [0.5, 0.6) is 0 Å². The summed E-state index contributed by atoms with van der Waals surface area (Å²) in [6.07, 6.45) is 0.907. The molecule has 1 N–H and O–H groups in total. The van der Waals surface area contributed by atoms with E-state index in [2.05, 4.69) is 5.32 Å². The van der Waals surface area contributed by atoms with Crippen LogP contribution in [0.15, 0.2) is 18.2 Å². The van der Waals surface area contributed by atoms with Gasteiger partial charge in [0.05, 0.1) is 10.6 Å². The van der Waals surface area contributed by atoms with Gasteiger partial charge in [-0.3, -0.25) is 4.79 Å². The Morgan fingerprint density at radius 1 is 1.41 bits per heavy atom. The molecule has 1 aromatic carbocycles. The van der Waals surface area contributed by atoms with Crippen molar-refractivity contribution in [3.8, 4) is 0 Å². The molecule has 0 atom stereocenters. The van der Waals surface area contributed by atoms with Gasteiger partial charge in [-0.25, -0.2) is 0 Å². The van der Waals surface area contributed by atoms with Gasteiger partial charge in [0.2, 0.25) is 0 Å². The number of benzene rings is 1. The molecular formula is C12H16Cl2N2O. The van der Waals surface area contributed by atoms with Crippen LogP contribution in [0.4, 0.5) is 0 Å². The third-order valence-corrected chi connectivity index (χ3v) is 2.98. The van der Waals surface area contributed by atoms with E-state index in [9.17, 15) is 4.79 Å². The second kappa shape index (κ2) is 6.84. The van der Waals surface area contributed by atoms with Gasteiger partial charge in [0.15, 0.2) is 0 Å². The Labute approximate surface area is 112 Å². The first kappa shape index (κ1) is 14.3.